The van der Waals surface area contributed by atoms with Crippen LogP contribution >= 0.6 is 0 Å². The van der Waals surface area contributed by atoms with Crippen molar-refractivity contribution in [2.75, 3.05) is 13.1 Å². The second-order valence-corrected chi connectivity index (χ2v) is 7.04. The lowest BCUT2D eigenvalue weighted by molar-refractivity contribution is 0.0758. The van der Waals surface area contributed by atoms with Crippen molar-refractivity contribution in [3.8, 4) is 11.4 Å². The predicted octanol–water partition coefficient (Wildman–Crippen LogP) is 2.83. The molecule has 0 radical (unpaired) electrons. The average molecular weight is 372 g/mol. The highest BCUT2D eigenvalue weighted by Crippen LogP contribution is 2.19. The third-order valence-corrected chi connectivity index (χ3v) is 5.10. The van der Waals surface area contributed by atoms with E-state index in [1.807, 2.05) is 65.0 Å². The van der Waals surface area contributed by atoms with E-state index in [-0.39, 0.29) is 5.91 Å². The molecule has 0 fully saturated rings. The van der Waals surface area contributed by atoms with Crippen LogP contribution in [0.25, 0.3) is 22.4 Å². The van der Waals surface area contributed by atoms with Gasteiger partial charge in [0.1, 0.15) is 11.6 Å². The summed E-state index contributed by atoms with van der Waals surface area (Å²) in [7, 11) is 0. The summed E-state index contributed by atoms with van der Waals surface area (Å²) in [5.41, 5.74) is 3.45. The van der Waals surface area contributed by atoms with Crippen LogP contribution in [0.15, 0.2) is 48.5 Å². The Labute approximate surface area is 162 Å². The van der Waals surface area contributed by atoms with Gasteiger partial charge in [0.25, 0.3) is 5.91 Å². The van der Waals surface area contributed by atoms with Crippen LogP contribution in [0.1, 0.15) is 22.0 Å². The second-order valence-electron chi connectivity index (χ2n) is 7.04. The number of H-pyrrole nitrogens is 1. The first-order valence-corrected chi connectivity index (χ1v) is 9.42. The van der Waals surface area contributed by atoms with Gasteiger partial charge < -0.3 is 9.88 Å². The van der Waals surface area contributed by atoms with Gasteiger partial charge in [0.15, 0.2) is 5.82 Å². The van der Waals surface area contributed by atoms with Crippen molar-refractivity contribution < 1.29 is 4.79 Å². The molecule has 7 nitrogen and oxygen atoms in total. The number of hydrogen-bond donors (Lipinski definition) is 1. The van der Waals surface area contributed by atoms with Gasteiger partial charge in [-0.15, -0.1) is 0 Å². The minimum Gasteiger partial charge on any atom is -0.342 e. The van der Waals surface area contributed by atoms with Crippen LogP contribution in [0.2, 0.25) is 0 Å². The number of aromatic nitrogens is 5. The zero-order valence-electron chi connectivity index (χ0n) is 15.6. The Kier molecular flexibility index (Phi) is 3.93. The second kappa shape index (κ2) is 6.60. The molecule has 0 aliphatic carbocycles. The molecule has 1 aliphatic heterocycles. The van der Waals surface area contributed by atoms with Gasteiger partial charge in [-0.2, -0.15) is 5.10 Å². The Morgan fingerprint density at radius 2 is 1.89 bits per heavy atom. The van der Waals surface area contributed by atoms with E-state index in [0.717, 1.165) is 34.1 Å². The molecule has 0 spiro atoms. The molecule has 0 bridgehead atoms. The maximum atomic E-state index is 13.0. The fourth-order valence-corrected chi connectivity index (χ4v) is 3.67. The van der Waals surface area contributed by atoms with Gasteiger partial charge in [0, 0.05) is 30.6 Å². The van der Waals surface area contributed by atoms with E-state index in [0.29, 0.717) is 31.6 Å². The maximum Gasteiger partial charge on any atom is 0.254 e. The number of aryl methyl sites for hydroxylation is 1. The minimum absolute atomic E-state index is 0.0307. The highest BCUT2D eigenvalue weighted by Gasteiger charge is 2.22. The van der Waals surface area contributed by atoms with Gasteiger partial charge in [-0.25, -0.2) is 14.6 Å². The number of carbonyl (C=O) groups is 1. The largest absolute Gasteiger partial charge is 0.342 e. The smallest absolute Gasteiger partial charge is 0.254 e. The number of benzene rings is 2. The number of imidazole rings is 1. The van der Waals surface area contributed by atoms with E-state index in [4.69, 9.17) is 4.98 Å². The lowest BCUT2D eigenvalue weighted by Gasteiger charge is -2.20. The molecule has 4 aromatic rings. The molecule has 3 heterocycles. The molecular formula is C21H20N6O. The zero-order chi connectivity index (χ0) is 19.1. The Morgan fingerprint density at radius 3 is 2.75 bits per heavy atom. The molecule has 0 unspecified atom stereocenters. The summed E-state index contributed by atoms with van der Waals surface area (Å²) in [6.45, 7) is 3.80. The quantitative estimate of drug-likeness (QED) is 0.587. The molecule has 7 heteroatoms. The number of rotatable bonds is 2. The van der Waals surface area contributed by atoms with Gasteiger partial charge >= 0.3 is 0 Å². The number of nitrogens with zero attached hydrogens (tertiary/aromatic N) is 5. The van der Waals surface area contributed by atoms with Gasteiger partial charge in [0.2, 0.25) is 0 Å². The summed E-state index contributed by atoms with van der Waals surface area (Å²) in [5.74, 6) is 2.55. The number of hydrogen-bond acceptors (Lipinski definition) is 4. The van der Waals surface area contributed by atoms with Crippen molar-refractivity contribution >= 4 is 16.9 Å². The van der Waals surface area contributed by atoms with Crippen LogP contribution in [0, 0.1) is 6.92 Å². The standard InChI is InChI=1S/C21H20N6O/c1-14-22-17-8-7-16(13-18(17)23-14)21(28)26-10-9-19-24-20(25-27(19)12-11-26)15-5-3-2-4-6-15/h2-8,13H,9-12H2,1H3,(H,22,23). The predicted molar refractivity (Wildman–Crippen MR) is 106 cm³/mol. The third kappa shape index (κ3) is 2.94. The highest BCUT2D eigenvalue weighted by atomic mass is 16.2. The average Bonchev–Trinajstić information content (AvgIpc) is 3.24. The van der Waals surface area contributed by atoms with Crippen LogP contribution in [0.3, 0.4) is 0 Å². The summed E-state index contributed by atoms with van der Waals surface area (Å²) in [5, 5.41) is 4.65. The van der Waals surface area contributed by atoms with Crippen molar-refractivity contribution in [3.05, 3.63) is 65.7 Å². The Bertz CT molecular complexity index is 1130. The monoisotopic (exact) mass is 372 g/mol. The first-order valence-electron chi connectivity index (χ1n) is 9.42. The number of nitrogens with one attached hydrogen (secondary N) is 1. The Balaban J connectivity index is 1.35. The topological polar surface area (TPSA) is 79.7 Å². The molecule has 28 heavy (non-hydrogen) atoms. The van der Waals surface area contributed by atoms with Crippen molar-refractivity contribution in [2.24, 2.45) is 0 Å². The van der Waals surface area contributed by atoms with Gasteiger partial charge in [-0.05, 0) is 25.1 Å². The number of amides is 1. The van der Waals surface area contributed by atoms with Crippen LogP contribution < -0.4 is 0 Å². The number of fused-ring (bicyclic) bond motifs is 2. The molecule has 2 aromatic heterocycles. The van der Waals surface area contributed by atoms with Crippen molar-refractivity contribution in [3.63, 3.8) is 0 Å². The van der Waals surface area contributed by atoms with Crippen LogP contribution in [0.4, 0.5) is 0 Å². The fraction of sp³-hybridized carbons (Fsp3) is 0.238. The normalized spacial score (nSPS) is 14.1. The van der Waals surface area contributed by atoms with Crippen LogP contribution in [-0.2, 0) is 13.0 Å². The van der Waals surface area contributed by atoms with Gasteiger partial charge in [0.05, 0.1) is 17.6 Å². The maximum absolute atomic E-state index is 13.0. The van der Waals surface area contributed by atoms with E-state index >= 15 is 0 Å². The van der Waals surface area contributed by atoms with Crippen molar-refractivity contribution in [2.45, 2.75) is 19.9 Å². The molecule has 0 saturated carbocycles. The van der Waals surface area contributed by atoms with E-state index in [1.165, 1.54) is 0 Å². The SMILES string of the molecule is Cc1nc2ccc(C(=O)N3CCc4nc(-c5ccccc5)nn4CC3)cc2[nH]1. The molecule has 5 rings (SSSR count). The molecule has 1 aliphatic rings. The first-order chi connectivity index (χ1) is 13.7. The molecule has 140 valence electrons. The first kappa shape index (κ1) is 16.7. The summed E-state index contributed by atoms with van der Waals surface area (Å²) < 4.78 is 1.93. The Morgan fingerprint density at radius 1 is 1.04 bits per heavy atom. The molecule has 1 N–H and O–H groups in total. The van der Waals surface area contributed by atoms with E-state index in [2.05, 4.69) is 15.1 Å². The zero-order valence-corrected chi connectivity index (χ0v) is 15.6. The highest BCUT2D eigenvalue weighted by molar-refractivity contribution is 5.97. The summed E-state index contributed by atoms with van der Waals surface area (Å²) in [6, 6.07) is 15.6. The molecule has 0 saturated heterocycles. The lowest BCUT2D eigenvalue weighted by Crippen LogP contribution is -2.33. The van der Waals surface area contributed by atoms with Crippen LogP contribution in [0.5, 0.6) is 0 Å². The lowest BCUT2D eigenvalue weighted by atomic mass is 10.1. The number of aromatic amines is 1. The van der Waals surface area contributed by atoms with E-state index < -0.39 is 0 Å². The van der Waals surface area contributed by atoms with E-state index in [1.54, 1.807) is 0 Å². The summed E-state index contributed by atoms with van der Waals surface area (Å²) in [6.07, 6.45) is 0.691. The summed E-state index contributed by atoms with van der Waals surface area (Å²) >= 11 is 0. The van der Waals surface area contributed by atoms with E-state index in [9.17, 15) is 4.79 Å². The van der Waals surface area contributed by atoms with Crippen molar-refractivity contribution in [1.29, 1.82) is 0 Å². The Hall–Kier alpha value is -3.48. The fourth-order valence-electron chi connectivity index (χ4n) is 3.67. The summed E-state index contributed by atoms with van der Waals surface area (Å²) in [4.78, 5) is 27.2. The van der Waals surface area contributed by atoms with Gasteiger partial charge in [-0.3, -0.25) is 4.79 Å². The minimum atomic E-state index is 0.0307. The van der Waals surface area contributed by atoms with Crippen LogP contribution in [-0.4, -0.2) is 48.6 Å². The molecule has 2 aromatic carbocycles. The van der Waals surface area contributed by atoms with Crippen molar-refractivity contribution in [1.82, 2.24) is 29.6 Å². The number of carbonyl (C=O) groups excluding carboxylic acids is 1. The van der Waals surface area contributed by atoms with Gasteiger partial charge in [-0.1, -0.05) is 30.3 Å². The molecular weight excluding hydrogens is 352 g/mol. The third-order valence-electron chi connectivity index (χ3n) is 5.10. The molecule has 1 amide bonds. The molecule has 0 atom stereocenters.